The van der Waals surface area contributed by atoms with Gasteiger partial charge in [-0.3, -0.25) is 24.1 Å². The molecule has 2 aromatic carbocycles. The number of nitrogens with one attached hydrogen (secondary N) is 1. The van der Waals surface area contributed by atoms with Crippen molar-refractivity contribution in [3.05, 3.63) is 68.1 Å². The average molecular weight is 648 g/mol. The molecule has 2 saturated carbocycles. The third-order valence-corrected chi connectivity index (χ3v) is 12.9. The van der Waals surface area contributed by atoms with E-state index in [-0.39, 0.29) is 70.0 Å². The minimum atomic E-state index is -0.374. The molecule has 45 heavy (non-hydrogen) atoms. The minimum Gasteiger partial charge on any atom is -0.493 e. The Bertz CT molecular complexity index is 1750. The zero-order chi connectivity index (χ0) is 31.0. The highest BCUT2D eigenvalue weighted by atomic mass is 32.2. The van der Waals surface area contributed by atoms with Crippen LogP contribution >= 0.6 is 23.1 Å². The maximum atomic E-state index is 14.0. The van der Waals surface area contributed by atoms with Gasteiger partial charge in [-0.25, -0.2) is 0 Å². The predicted molar refractivity (Wildman–Crippen MR) is 168 cm³/mol. The van der Waals surface area contributed by atoms with E-state index in [0.29, 0.717) is 43.5 Å². The number of methoxy groups -OCH3 is 1. The first-order chi connectivity index (χ1) is 21.8. The molecule has 4 fully saturated rings. The molecule has 1 aromatic heterocycles. The van der Waals surface area contributed by atoms with E-state index in [1.165, 1.54) is 16.2 Å². The summed E-state index contributed by atoms with van der Waals surface area (Å²) in [6.07, 6.45) is 0.814. The molecular formula is C33H33N3O7S2. The maximum Gasteiger partial charge on any atom is 0.305 e. The van der Waals surface area contributed by atoms with Crippen LogP contribution in [0.2, 0.25) is 0 Å². The van der Waals surface area contributed by atoms with E-state index in [1.54, 1.807) is 23.8 Å². The van der Waals surface area contributed by atoms with Crippen molar-refractivity contribution in [1.82, 2.24) is 9.88 Å². The molecule has 0 radical (unpaired) electrons. The Morgan fingerprint density at radius 3 is 2.47 bits per heavy atom. The molecule has 12 heteroatoms. The van der Waals surface area contributed by atoms with Crippen molar-refractivity contribution in [2.45, 2.75) is 29.5 Å². The highest BCUT2D eigenvalue weighted by Gasteiger charge is 2.69. The van der Waals surface area contributed by atoms with Crippen LogP contribution in [0.1, 0.15) is 28.3 Å². The molecule has 4 unspecified atom stereocenters. The van der Waals surface area contributed by atoms with Crippen LogP contribution in [0.4, 0.5) is 5.69 Å². The van der Waals surface area contributed by atoms with E-state index >= 15 is 0 Å². The highest BCUT2D eigenvalue weighted by molar-refractivity contribution is 8.00. The third-order valence-electron chi connectivity index (χ3n) is 10.3. The molecule has 0 spiro atoms. The molecule has 3 aliphatic heterocycles. The van der Waals surface area contributed by atoms with Crippen molar-refractivity contribution in [2.75, 3.05) is 44.9 Å². The van der Waals surface area contributed by atoms with Crippen molar-refractivity contribution in [3.63, 3.8) is 0 Å². The van der Waals surface area contributed by atoms with E-state index in [2.05, 4.69) is 4.98 Å². The standard InChI is InChI=1S/C33H33N3O7S2/c1-16-3-6-18(7-4-16)36-31(38)26-19-14-20(27(26)32(36)39)28-25(19)24(29-30(44-28)34-33(40)45-29)17-5-8-21(22(13-17)41-2)43-15-23(37)35-9-11-42-12-10-35/h3-8,13,19-20,24-28H,9-12,14-15H2,1-2H3,(H,34,40)/t19-,20-,24-,25?,26?,27?,28?/m1/s1. The van der Waals surface area contributed by atoms with E-state index in [0.717, 1.165) is 27.5 Å². The lowest BCUT2D eigenvalue weighted by molar-refractivity contribution is -0.137. The molecule has 2 aliphatic carbocycles. The number of amides is 3. The topological polar surface area (TPSA) is 118 Å². The predicted octanol–water partition coefficient (Wildman–Crippen LogP) is 3.67. The number of imide groups is 1. The number of thioether (sulfide) groups is 1. The summed E-state index contributed by atoms with van der Waals surface area (Å²) >= 11 is 2.88. The van der Waals surface area contributed by atoms with Gasteiger partial charge >= 0.3 is 4.87 Å². The number of aromatic amines is 1. The molecule has 3 amide bonds. The first-order valence-corrected chi connectivity index (χ1v) is 17.0. The van der Waals surface area contributed by atoms with Gasteiger partial charge in [0, 0.05) is 29.1 Å². The minimum absolute atomic E-state index is 0.00724. The van der Waals surface area contributed by atoms with E-state index in [9.17, 15) is 19.2 Å². The Labute approximate surface area is 268 Å². The summed E-state index contributed by atoms with van der Waals surface area (Å²) in [7, 11) is 1.57. The van der Waals surface area contributed by atoms with Crippen LogP contribution in [-0.2, 0) is 19.1 Å². The third kappa shape index (κ3) is 4.55. The summed E-state index contributed by atoms with van der Waals surface area (Å²) in [4.78, 5) is 60.3. The number of benzene rings is 2. The van der Waals surface area contributed by atoms with Crippen molar-refractivity contribution in [2.24, 2.45) is 29.6 Å². The molecule has 2 saturated heterocycles. The van der Waals surface area contributed by atoms with Crippen LogP contribution in [0.15, 0.2) is 52.3 Å². The Morgan fingerprint density at radius 2 is 1.73 bits per heavy atom. The average Bonchev–Trinajstić information content (AvgIpc) is 3.79. The molecule has 5 aliphatic rings. The van der Waals surface area contributed by atoms with Gasteiger partial charge in [0.2, 0.25) is 11.8 Å². The van der Waals surface area contributed by atoms with Crippen LogP contribution in [0.5, 0.6) is 11.5 Å². The summed E-state index contributed by atoms with van der Waals surface area (Å²) in [5.41, 5.74) is 2.66. The van der Waals surface area contributed by atoms with Gasteiger partial charge in [0.15, 0.2) is 18.1 Å². The lowest BCUT2D eigenvalue weighted by Crippen LogP contribution is -2.43. The van der Waals surface area contributed by atoms with Crippen molar-refractivity contribution in [3.8, 4) is 11.5 Å². The molecule has 234 valence electrons. The number of hydrogen-bond donors (Lipinski definition) is 1. The van der Waals surface area contributed by atoms with Gasteiger partial charge in [0.1, 0.15) is 0 Å². The normalized spacial score (nSPS) is 29.9. The molecular weight excluding hydrogens is 615 g/mol. The molecule has 3 aromatic rings. The van der Waals surface area contributed by atoms with Crippen LogP contribution in [0.25, 0.3) is 0 Å². The number of aryl methyl sites for hydroxylation is 1. The van der Waals surface area contributed by atoms with Gasteiger partial charge < -0.3 is 24.1 Å². The number of hydrogen-bond acceptors (Lipinski definition) is 9. The molecule has 4 heterocycles. The Morgan fingerprint density at radius 1 is 1.00 bits per heavy atom. The number of aromatic nitrogens is 1. The van der Waals surface area contributed by atoms with Gasteiger partial charge in [-0.15, -0.1) is 11.8 Å². The molecule has 2 bridgehead atoms. The summed E-state index contributed by atoms with van der Waals surface area (Å²) < 4.78 is 17.0. The number of morpholine rings is 1. The fourth-order valence-electron chi connectivity index (χ4n) is 8.38. The lowest BCUT2D eigenvalue weighted by Gasteiger charge is -2.43. The summed E-state index contributed by atoms with van der Waals surface area (Å²) in [6.45, 7) is 4.01. The fraction of sp³-hybridized carbons (Fsp3) is 0.455. The Balaban J connectivity index is 1.11. The number of fused-ring (bicyclic) bond motifs is 9. The fourth-order valence-corrected chi connectivity index (χ4v) is 11.3. The van der Waals surface area contributed by atoms with Crippen LogP contribution in [0.3, 0.4) is 0 Å². The first-order valence-electron chi connectivity index (χ1n) is 15.3. The monoisotopic (exact) mass is 647 g/mol. The van der Waals surface area contributed by atoms with Crippen molar-refractivity contribution < 1.29 is 28.6 Å². The summed E-state index contributed by atoms with van der Waals surface area (Å²) in [5, 5.41) is 0.935. The zero-order valence-corrected chi connectivity index (χ0v) is 26.5. The Kier molecular flexibility index (Phi) is 7.07. The number of carbonyl (C=O) groups excluding carboxylic acids is 3. The highest BCUT2D eigenvalue weighted by Crippen LogP contribution is 2.68. The number of nitrogens with zero attached hydrogens (tertiary/aromatic N) is 2. The quantitative estimate of drug-likeness (QED) is 0.403. The smallest absolute Gasteiger partial charge is 0.305 e. The molecule has 7 atom stereocenters. The maximum absolute atomic E-state index is 14.0. The molecule has 1 N–H and O–H groups in total. The summed E-state index contributed by atoms with van der Waals surface area (Å²) in [5.74, 6) is -0.116. The number of carbonyl (C=O) groups is 3. The zero-order valence-electron chi connectivity index (χ0n) is 24.9. The van der Waals surface area contributed by atoms with Crippen LogP contribution in [0, 0.1) is 36.5 Å². The van der Waals surface area contributed by atoms with E-state index in [4.69, 9.17) is 14.2 Å². The second-order valence-electron chi connectivity index (χ2n) is 12.5. The SMILES string of the molecule is COc1cc([C@H]2c3sc(=O)[nH]c3SC3C2[C@H]2C[C@@H]3C3C(=O)N(c4ccc(C)cc4)C(=O)C32)ccc1OCC(=O)N1CCOCC1. The first kappa shape index (κ1) is 28.8. The van der Waals surface area contributed by atoms with Gasteiger partial charge in [-0.05, 0) is 60.9 Å². The van der Waals surface area contributed by atoms with E-state index in [1.807, 2.05) is 49.4 Å². The van der Waals surface area contributed by atoms with Gasteiger partial charge in [-0.1, -0.05) is 35.1 Å². The Hall–Kier alpha value is -3.61. The van der Waals surface area contributed by atoms with Gasteiger partial charge in [0.25, 0.3) is 5.91 Å². The number of H-pyrrole nitrogens is 1. The number of rotatable bonds is 6. The largest absolute Gasteiger partial charge is 0.493 e. The summed E-state index contributed by atoms with van der Waals surface area (Å²) in [6, 6.07) is 13.3. The molecule has 8 rings (SSSR count). The van der Waals surface area contributed by atoms with Crippen molar-refractivity contribution in [1.29, 1.82) is 0 Å². The lowest BCUT2D eigenvalue weighted by atomic mass is 9.68. The second-order valence-corrected chi connectivity index (χ2v) is 14.7. The number of thiazole rings is 1. The number of ether oxygens (including phenoxy) is 3. The van der Waals surface area contributed by atoms with Crippen molar-refractivity contribution >= 4 is 46.5 Å². The molecule has 10 nitrogen and oxygen atoms in total. The second kappa shape index (κ2) is 11.0. The van der Waals surface area contributed by atoms with Crippen LogP contribution in [-0.4, -0.2) is 72.9 Å². The van der Waals surface area contributed by atoms with Crippen LogP contribution < -0.4 is 19.2 Å². The van der Waals surface area contributed by atoms with E-state index < -0.39 is 0 Å². The van der Waals surface area contributed by atoms with Gasteiger partial charge in [0.05, 0.1) is 42.9 Å². The number of anilines is 1. The van der Waals surface area contributed by atoms with Gasteiger partial charge in [-0.2, -0.15) is 0 Å².